The number of hydrogen-bond acceptors (Lipinski definition) is 5. The molecule has 0 fully saturated rings. The Morgan fingerprint density at radius 3 is 2.77 bits per heavy atom. The van der Waals surface area contributed by atoms with Crippen LogP contribution in [0.1, 0.15) is 23.0 Å². The lowest BCUT2D eigenvalue weighted by Crippen LogP contribution is -2.14. The van der Waals surface area contributed by atoms with E-state index < -0.39 is 5.97 Å². The molecule has 0 saturated heterocycles. The van der Waals surface area contributed by atoms with Gasteiger partial charge in [0.05, 0.1) is 25.2 Å². The van der Waals surface area contributed by atoms with Gasteiger partial charge < -0.3 is 10.1 Å². The van der Waals surface area contributed by atoms with Crippen molar-refractivity contribution in [3.05, 3.63) is 35.9 Å². The van der Waals surface area contributed by atoms with Crippen LogP contribution in [-0.2, 0) is 23.1 Å². The number of methoxy groups -OCH3 is 1. The van der Waals surface area contributed by atoms with E-state index in [4.69, 9.17) is 0 Å². The number of carbonyl (C=O) groups is 2. The Bertz CT molecular complexity index is 714. The van der Waals surface area contributed by atoms with Crippen LogP contribution in [0.3, 0.4) is 0 Å². The molecule has 0 spiro atoms. The average Bonchev–Trinajstić information content (AvgIpc) is 3.11. The van der Waals surface area contributed by atoms with Gasteiger partial charge >= 0.3 is 5.97 Å². The summed E-state index contributed by atoms with van der Waals surface area (Å²) in [6, 6.07) is 0. The zero-order valence-electron chi connectivity index (χ0n) is 12.6. The van der Waals surface area contributed by atoms with E-state index in [1.54, 1.807) is 24.0 Å². The quantitative estimate of drug-likeness (QED) is 0.659. The number of nitrogens with one attached hydrogen (secondary N) is 1. The smallest absolute Gasteiger partial charge is 0.358 e. The van der Waals surface area contributed by atoms with Gasteiger partial charge in [-0.05, 0) is 13.0 Å². The highest BCUT2D eigenvalue weighted by Crippen LogP contribution is 2.15. The first-order valence-electron chi connectivity index (χ1n) is 6.67. The fraction of sp³-hybridized carbons (Fsp3) is 0.286. The molecule has 0 radical (unpaired) electrons. The summed E-state index contributed by atoms with van der Waals surface area (Å²) in [6.45, 7) is 2.74. The van der Waals surface area contributed by atoms with Crippen LogP contribution in [0.4, 0.5) is 5.69 Å². The number of aromatic nitrogens is 4. The molecule has 0 aliphatic rings. The van der Waals surface area contributed by atoms with E-state index in [2.05, 4.69) is 20.3 Å². The summed E-state index contributed by atoms with van der Waals surface area (Å²) < 4.78 is 7.76. The Labute approximate surface area is 127 Å². The van der Waals surface area contributed by atoms with Crippen molar-refractivity contribution in [2.24, 2.45) is 7.05 Å². The molecule has 8 nitrogen and oxygen atoms in total. The molecule has 0 atom stereocenters. The number of nitrogens with zero attached hydrogens (tertiary/aromatic N) is 4. The summed E-state index contributed by atoms with van der Waals surface area (Å²) in [5.74, 6) is -0.939. The van der Waals surface area contributed by atoms with E-state index in [0.717, 1.165) is 12.1 Å². The molecule has 1 amide bonds. The molecule has 0 aromatic carbocycles. The Morgan fingerprint density at radius 2 is 2.14 bits per heavy atom. The fourth-order valence-electron chi connectivity index (χ4n) is 1.85. The second-order valence-electron chi connectivity index (χ2n) is 4.47. The van der Waals surface area contributed by atoms with Crippen LogP contribution in [0.15, 0.2) is 24.7 Å². The van der Waals surface area contributed by atoms with Crippen LogP contribution in [0.5, 0.6) is 0 Å². The summed E-state index contributed by atoms with van der Waals surface area (Å²) in [4.78, 5) is 23.6. The summed E-state index contributed by atoms with van der Waals surface area (Å²) in [5.41, 5.74) is 1.30. The molecule has 2 rings (SSSR count). The molecule has 2 heterocycles. The summed E-state index contributed by atoms with van der Waals surface area (Å²) in [5, 5.41) is 10.6. The average molecular weight is 303 g/mol. The lowest BCUT2D eigenvalue weighted by atomic mass is 10.3. The molecule has 2 aromatic heterocycles. The predicted octanol–water partition coefficient (Wildman–Crippen LogP) is 1.07. The van der Waals surface area contributed by atoms with Crippen molar-refractivity contribution in [2.75, 3.05) is 12.4 Å². The van der Waals surface area contributed by atoms with Gasteiger partial charge in [0.2, 0.25) is 5.91 Å². The molecule has 1 N–H and O–H groups in total. The molecule has 22 heavy (non-hydrogen) atoms. The monoisotopic (exact) mass is 303 g/mol. The van der Waals surface area contributed by atoms with Gasteiger partial charge in [-0.2, -0.15) is 10.2 Å². The molecule has 0 saturated carbocycles. The highest BCUT2D eigenvalue weighted by molar-refractivity contribution is 6.05. The number of hydrogen-bond donors (Lipinski definition) is 1. The Kier molecular flexibility index (Phi) is 4.72. The third-order valence-electron chi connectivity index (χ3n) is 2.98. The van der Waals surface area contributed by atoms with Crippen LogP contribution in [-0.4, -0.2) is 38.5 Å². The summed E-state index contributed by atoms with van der Waals surface area (Å²) >= 11 is 0. The summed E-state index contributed by atoms with van der Waals surface area (Å²) in [7, 11) is 2.86. The second kappa shape index (κ2) is 6.70. The molecule has 2 aromatic rings. The number of carbonyl (C=O) groups excluding carboxylic acids is 2. The van der Waals surface area contributed by atoms with E-state index >= 15 is 0 Å². The zero-order valence-corrected chi connectivity index (χ0v) is 12.6. The molecular weight excluding hydrogens is 286 g/mol. The van der Waals surface area contributed by atoms with Gasteiger partial charge in [0.1, 0.15) is 0 Å². The lowest BCUT2D eigenvalue weighted by molar-refractivity contribution is -0.111. The molecule has 116 valence electrons. The predicted molar refractivity (Wildman–Crippen MR) is 80.1 cm³/mol. The molecule has 8 heteroatoms. The van der Waals surface area contributed by atoms with Crippen molar-refractivity contribution >= 4 is 23.6 Å². The van der Waals surface area contributed by atoms with Gasteiger partial charge in [-0.25, -0.2) is 4.79 Å². The van der Waals surface area contributed by atoms with Gasteiger partial charge in [-0.15, -0.1) is 0 Å². The number of rotatable bonds is 5. The van der Waals surface area contributed by atoms with E-state index in [-0.39, 0.29) is 11.6 Å². The number of esters is 1. The molecule has 0 bridgehead atoms. The first-order valence-corrected chi connectivity index (χ1v) is 6.67. The first kappa shape index (κ1) is 15.5. The van der Waals surface area contributed by atoms with Gasteiger partial charge in [-0.3, -0.25) is 14.2 Å². The lowest BCUT2D eigenvalue weighted by Gasteiger charge is -2.04. The van der Waals surface area contributed by atoms with E-state index in [1.807, 2.05) is 13.1 Å². The van der Waals surface area contributed by atoms with Gasteiger partial charge in [0.25, 0.3) is 0 Å². The Balaban J connectivity index is 2.08. The first-order chi connectivity index (χ1) is 10.5. The Morgan fingerprint density at radius 1 is 1.36 bits per heavy atom. The summed E-state index contributed by atoms with van der Waals surface area (Å²) in [6.07, 6.45) is 7.89. The normalized spacial score (nSPS) is 10.9. The van der Waals surface area contributed by atoms with Gasteiger partial charge in [0, 0.05) is 31.4 Å². The maximum atomic E-state index is 11.9. The van der Waals surface area contributed by atoms with Gasteiger partial charge in [-0.1, -0.05) is 0 Å². The largest absolute Gasteiger partial charge is 0.464 e. The van der Waals surface area contributed by atoms with Crippen molar-refractivity contribution in [1.82, 2.24) is 19.6 Å². The van der Waals surface area contributed by atoms with Gasteiger partial charge in [0.15, 0.2) is 5.69 Å². The topological polar surface area (TPSA) is 91.0 Å². The van der Waals surface area contributed by atoms with E-state index in [9.17, 15) is 9.59 Å². The minimum Gasteiger partial charge on any atom is -0.464 e. The maximum Gasteiger partial charge on any atom is 0.358 e. The number of ether oxygens (including phenoxy) is 1. The van der Waals surface area contributed by atoms with Crippen LogP contribution >= 0.6 is 0 Å². The highest BCUT2D eigenvalue weighted by atomic mass is 16.5. The molecular formula is C14H17N5O3. The van der Waals surface area contributed by atoms with Crippen molar-refractivity contribution in [1.29, 1.82) is 0 Å². The zero-order chi connectivity index (χ0) is 16.1. The molecule has 0 aliphatic carbocycles. The van der Waals surface area contributed by atoms with Crippen molar-refractivity contribution < 1.29 is 14.3 Å². The van der Waals surface area contributed by atoms with Crippen molar-refractivity contribution in [2.45, 2.75) is 13.5 Å². The standard InChI is InChI=1S/C14H17N5O3/c1-4-19-9-10(7-16-19)5-6-12(20)17-11-8-15-18(2)13(11)14(21)22-3/h5-9H,4H2,1-3H3,(H,17,20)/b6-5+. The van der Waals surface area contributed by atoms with Crippen LogP contribution in [0.25, 0.3) is 6.08 Å². The van der Waals surface area contributed by atoms with Crippen molar-refractivity contribution in [3.8, 4) is 0 Å². The number of amides is 1. The Hall–Kier alpha value is -2.90. The van der Waals surface area contributed by atoms with E-state index in [1.165, 1.54) is 24.1 Å². The van der Waals surface area contributed by atoms with Crippen LogP contribution < -0.4 is 5.32 Å². The number of anilines is 1. The molecule has 0 unspecified atom stereocenters. The molecule has 0 aliphatic heterocycles. The SMILES string of the molecule is CCn1cc(/C=C/C(=O)Nc2cnn(C)c2C(=O)OC)cn1. The van der Waals surface area contributed by atoms with E-state index in [0.29, 0.717) is 5.69 Å². The van der Waals surface area contributed by atoms with Crippen molar-refractivity contribution in [3.63, 3.8) is 0 Å². The highest BCUT2D eigenvalue weighted by Gasteiger charge is 2.18. The maximum absolute atomic E-state index is 11.9. The minimum atomic E-state index is -0.566. The third kappa shape index (κ3) is 3.40. The minimum absolute atomic E-state index is 0.183. The van der Waals surface area contributed by atoms with Crippen LogP contribution in [0, 0.1) is 0 Å². The third-order valence-corrected chi connectivity index (χ3v) is 2.98. The fourth-order valence-corrected chi connectivity index (χ4v) is 1.85. The second-order valence-corrected chi connectivity index (χ2v) is 4.47. The van der Waals surface area contributed by atoms with Crippen LogP contribution in [0.2, 0.25) is 0 Å². The number of aryl methyl sites for hydroxylation is 2.